The van der Waals surface area contributed by atoms with Crippen molar-refractivity contribution in [3.8, 4) is 23.0 Å². The molecule has 0 aliphatic carbocycles. The van der Waals surface area contributed by atoms with E-state index in [2.05, 4.69) is 26.5 Å². The van der Waals surface area contributed by atoms with Gasteiger partial charge in [0.2, 0.25) is 0 Å². The number of hydrogen-bond acceptors (Lipinski definition) is 9. The zero-order valence-corrected chi connectivity index (χ0v) is 21.4. The van der Waals surface area contributed by atoms with E-state index in [0.29, 0.717) is 28.1 Å². The van der Waals surface area contributed by atoms with E-state index < -0.39 is 16.8 Å². The molecule has 0 saturated carbocycles. The van der Waals surface area contributed by atoms with Gasteiger partial charge in [-0.15, -0.1) is 0 Å². The first-order chi connectivity index (χ1) is 17.8. The predicted molar refractivity (Wildman–Crippen MR) is 138 cm³/mol. The number of halogens is 1. The van der Waals surface area contributed by atoms with Crippen LogP contribution in [-0.2, 0) is 4.79 Å². The van der Waals surface area contributed by atoms with Crippen molar-refractivity contribution in [3.05, 3.63) is 86.4 Å². The van der Waals surface area contributed by atoms with Crippen LogP contribution in [0.15, 0.2) is 70.2 Å². The molecular formula is C25H22BrN3O8. The van der Waals surface area contributed by atoms with Crippen molar-refractivity contribution in [2.45, 2.75) is 6.92 Å². The quantitative estimate of drug-likeness (QED) is 0.116. The van der Waals surface area contributed by atoms with Gasteiger partial charge in [0.25, 0.3) is 11.6 Å². The summed E-state index contributed by atoms with van der Waals surface area (Å²) in [6.45, 7) is 1.81. The van der Waals surface area contributed by atoms with Crippen LogP contribution in [0, 0.1) is 10.1 Å². The molecule has 0 atom stereocenters. The van der Waals surface area contributed by atoms with E-state index in [0.717, 1.165) is 0 Å². The summed E-state index contributed by atoms with van der Waals surface area (Å²) in [6.07, 6.45) is 1.39. The molecule has 0 aliphatic heterocycles. The van der Waals surface area contributed by atoms with Gasteiger partial charge in [-0.1, -0.05) is 0 Å². The molecule has 0 aromatic heterocycles. The molecule has 0 bridgehead atoms. The topological polar surface area (TPSA) is 139 Å². The lowest BCUT2D eigenvalue weighted by atomic mass is 10.2. The zero-order chi connectivity index (χ0) is 26.8. The van der Waals surface area contributed by atoms with Gasteiger partial charge in [-0.2, -0.15) is 5.10 Å². The number of amides is 1. The molecule has 0 radical (unpaired) electrons. The lowest BCUT2D eigenvalue weighted by Gasteiger charge is -2.11. The smallest absolute Gasteiger partial charge is 0.343 e. The van der Waals surface area contributed by atoms with E-state index in [1.807, 2.05) is 0 Å². The van der Waals surface area contributed by atoms with Crippen LogP contribution in [0.5, 0.6) is 23.0 Å². The summed E-state index contributed by atoms with van der Waals surface area (Å²) in [4.78, 5) is 34.8. The van der Waals surface area contributed by atoms with Gasteiger partial charge in [-0.05, 0) is 76.9 Å². The summed E-state index contributed by atoms with van der Waals surface area (Å²) in [5.74, 6) is 0.378. The first kappa shape index (κ1) is 27.1. The number of hydrogen-bond donors (Lipinski definition) is 1. The third-order valence-electron chi connectivity index (χ3n) is 4.68. The Morgan fingerprint density at radius 1 is 1.03 bits per heavy atom. The maximum atomic E-state index is 12.5. The Bertz CT molecular complexity index is 1310. The van der Waals surface area contributed by atoms with Crippen LogP contribution in [0.25, 0.3) is 0 Å². The van der Waals surface area contributed by atoms with Crippen LogP contribution in [0.4, 0.5) is 5.69 Å². The first-order valence-corrected chi connectivity index (χ1v) is 11.6. The average Bonchev–Trinajstić information content (AvgIpc) is 2.89. The second kappa shape index (κ2) is 13.0. The van der Waals surface area contributed by atoms with Crippen LogP contribution in [0.1, 0.15) is 22.8 Å². The fourth-order valence-electron chi connectivity index (χ4n) is 2.92. The lowest BCUT2D eigenvalue weighted by molar-refractivity contribution is -0.384. The van der Waals surface area contributed by atoms with Crippen LogP contribution < -0.4 is 24.4 Å². The van der Waals surface area contributed by atoms with Crippen LogP contribution in [0.2, 0.25) is 0 Å². The number of esters is 1. The third kappa shape index (κ3) is 7.77. The van der Waals surface area contributed by atoms with Gasteiger partial charge in [0, 0.05) is 12.1 Å². The molecule has 0 heterocycles. The summed E-state index contributed by atoms with van der Waals surface area (Å²) in [5, 5.41) is 14.7. The van der Waals surface area contributed by atoms with Crippen molar-refractivity contribution in [1.82, 2.24) is 5.43 Å². The minimum atomic E-state index is -0.701. The second-order valence-corrected chi connectivity index (χ2v) is 8.07. The summed E-state index contributed by atoms with van der Waals surface area (Å²) < 4.78 is 22.2. The molecular weight excluding hydrogens is 550 g/mol. The van der Waals surface area contributed by atoms with Crippen molar-refractivity contribution >= 4 is 39.7 Å². The molecule has 3 aromatic carbocycles. The molecule has 3 rings (SSSR count). The summed E-state index contributed by atoms with van der Waals surface area (Å²) in [6, 6.07) is 14.9. The minimum Gasteiger partial charge on any atom is -0.497 e. The van der Waals surface area contributed by atoms with Crippen LogP contribution in [0.3, 0.4) is 0 Å². The summed E-state index contributed by atoms with van der Waals surface area (Å²) in [5.41, 5.74) is 2.94. The number of carbonyl (C=O) groups excluding carboxylic acids is 2. The van der Waals surface area contributed by atoms with E-state index in [-0.39, 0.29) is 29.4 Å². The Balaban J connectivity index is 1.59. The number of benzene rings is 3. The molecule has 0 spiro atoms. The zero-order valence-electron chi connectivity index (χ0n) is 19.8. The molecule has 11 nitrogen and oxygen atoms in total. The normalized spacial score (nSPS) is 10.6. The Kier molecular flexibility index (Phi) is 9.55. The van der Waals surface area contributed by atoms with Gasteiger partial charge in [0.15, 0.2) is 18.1 Å². The number of nitrogens with zero attached hydrogens (tertiary/aromatic N) is 2. The lowest BCUT2D eigenvalue weighted by Crippen LogP contribution is -2.24. The molecule has 1 amide bonds. The number of ether oxygens (including phenoxy) is 4. The summed E-state index contributed by atoms with van der Waals surface area (Å²) >= 11 is 3.35. The number of hydrazone groups is 1. The van der Waals surface area contributed by atoms with Gasteiger partial charge < -0.3 is 18.9 Å². The van der Waals surface area contributed by atoms with Gasteiger partial charge in [-0.3, -0.25) is 14.9 Å². The molecule has 0 unspecified atom stereocenters. The molecule has 192 valence electrons. The van der Waals surface area contributed by atoms with Crippen LogP contribution >= 0.6 is 15.9 Å². The predicted octanol–water partition coefficient (Wildman–Crippen LogP) is 4.51. The minimum absolute atomic E-state index is 0.137. The number of nitro benzene ring substituents is 1. The molecule has 0 aliphatic rings. The number of nitrogens with one attached hydrogen (secondary N) is 1. The highest BCUT2D eigenvalue weighted by molar-refractivity contribution is 9.10. The fourth-order valence-corrected chi connectivity index (χ4v) is 3.39. The fraction of sp³-hybridized carbons (Fsp3) is 0.160. The highest BCUT2D eigenvalue weighted by Crippen LogP contribution is 2.30. The Labute approximate surface area is 220 Å². The van der Waals surface area contributed by atoms with Crippen molar-refractivity contribution in [2.75, 3.05) is 20.3 Å². The first-order valence-electron chi connectivity index (χ1n) is 10.8. The highest BCUT2D eigenvalue weighted by atomic mass is 79.9. The Morgan fingerprint density at radius 2 is 1.76 bits per heavy atom. The van der Waals surface area contributed by atoms with Crippen molar-refractivity contribution in [2.24, 2.45) is 5.10 Å². The number of non-ortho nitro benzene ring substituents is 1. The standard InChI is InChI=1S/C25H22BrN3O8/c1-3-35-23-12-16(4-10-22(23)37-25(31)17-5-7-18(8-6-17)29(32)33)14-27-28-24(30)15-36-21-11-9-19(34-2)13-20(21)26/h4-14H,3,15H2,1-2H3,(H,28,30)/b27-14-. The largest absolute Gasteiger partial charge is 0.497 e. The molecule has 3 aromatic rings. The Hall–Kier alpha value is -4.45. The monoisotopic (exact) mass is 571 g/mol. The van der Waals surface area contributed by atoms with Gasteiger partial charge in [0.05, 0.1) is 34.9 Å². The number of nitro groups is 1. The van der Waals surface area contributed by atoms with Crippen molar-refractivity contribution in [3.63, 3.8) is 0 Å². The average molecular weight is 572 g/mol. The van der Waals surface area contributed by atoms with Crippen molar-refractivity contribution < 1.29 is 33.5 Å². The molecule has 1 N–H and O–H groups in total. The molecule has 37 heavy (non-hydrogen) atoms. The van der Waals surface area contributed by atoms with E-state index in [9.17, 15) is 19.7 Å². The van der Waals surface area contributed by atoms with Crippen molar-refractivity contribution in [1.29, 1.82) is 0 Å². The second-order valence-electron chi connectivity index (χ2n) is 7.21. The summed E-state index contributed by atoms with van der Waals surface area (Å²) in [7, 11) is 1.55. The molecule has 12 heteroatoms. The maximum absolute atomic E-state index is 12.5. The van der Waals surface area contributed by atoms with E-state index >= 15 is 0 Å². The third-order valence-corrected chi connectivity index (χ3v) is 5.30. The van der Waals surface area contributed by atoms with E-state index in [4.69, 9.17) is 18.9 Å². The van der Waals surface area contributed by atoms with Gasteiger partial charge in [-0.25, -0.2) is 10.2 Å². The van der Waals surface area contributed by atoms with Gasteiger partial charge >= 0.3 is 5.97 Å². The SMILES string of the molecule is CCOc1cc(/C=N\NC(=O)COc2ccc(OC)cc2Br)ccc1OC(=O)c1ccc([N+](=O)[O-])cc1. The highest BCUT2D eigenvalue weighted by Gasteiger charge is 2.15. The number of methoxy groups -OCH3 is 1. The molecule has 0 fully saturated rings. The maximum Gasteiger partial charge on any atom is 0.343 e. The number of rotatable bonds is 11. The van der Waals surface area contributed by atoms with Gasteiger partial charge in [0.1, 0.15) is 11.5 Å². The van der Waals surface area contributed by atoms with E-state index in [1.54, 1.807) is 44.4 Å². The van der Waals surface area contributed by atoms with E-state index in [1.165, 1.54) is 36.5 Å². The Morgan fingerprint density at radius 3 is 2.41 bits per heavy atom. The molecule has 0 saturated heterocycles. The number of carbonyl (C=O) groups is 2. The van der Waals surface area contributed by atoms with Crippen LogP contribution in [-0.4, -0.2) is 43.3 Å².